The van der Waals surface area contributed by atoms with Crippen molar-refractivity contribution in [3.8, 4) is 0 Å². The monoisotopic (exact) mass is 246 g/mol. The Morgan fingerprint density at radius 2 is 1.82 bits per heavy atom. The van der Waals surface area contributed by atoms with Crippen molar-refractivity contribution in [3.05, 3.63) is 0 Å². The van der Waals surface area contributed by atoms with Gasteiger partial charge in [-0.3, -0.25) is 4.79 Å². The van der Waals surface area contributed by atoms with Crippen LogP contribution in [0.5, 0.6) is 0 Å². The number of hydrogen-bond acceptors (Lipinski definition) is 3. The average molecular weight is 246 g/mol. The fourth-order valence-corrected chi connectivity index (χ4v) is 1.51. The van der Waals surface area contributed by atoms with Crippen LogP contribution in [0, 0.1) is 0 Å². The zero-order valence-corrected chi connectivity index (χ0v) is 10.9. The smallest absolute Gasteiger partial charge is 0.319 e. The van der Waals surface area contributed by atoms with E-state index in [9.17, 15) is 14.7 Å². The van der Waals surface area contributed by atoms with E-state index < -0.39 is 11.6 Å². The fourth-order valence-electron chi connectivity index (χ4n) is 1.51. The average Bonchev–Trinajstić information content (AvgIpc) is 2.15. The lowest BCUT2D eigenvalue weighted by atomic mass is 10.1. The number of hydrogen-bond donors (Lipinski definition) is 2. The Morgan fingerprint density at radius 3 is 2.18 bits per heavy atom. The van der Waals surface area contributed by atoms with Crippen molar-refractivity contribution in [1.29, 1.82) is 0 Å². The van der Waals surface area contributed by atoms with Crippen LogP contribution in [0.15, 0.2) is 0 Å². The van der Waals surface area contributed by atoms with Crippen molar-refractivity contribution in [1.82, 2.24) is 9.80 Å². The number of carboxylic acids is 1. The molecule has 0 rings (SSSR count). The summed E-state index contributed by atoms with van der Waals surface area (Å²) < 4.78 is 0. The van der Waals surface area contributed by atoms with E-state index in [0.29, 0.717) is 6.54 Å². The third kappa shape index (κ3) is 6.78. The number of urea groups is 1. The number of likely N-dealkylation sites (N-methyl/N-ethyl adjacent to an activating group) is 1. The minimum Gasteiger partial charge on any atom is -0.481 e. The maximum atomic E-state index is 11.9. The Bertz CT molecular complexity index is 273. The first kappa shape index (κ1) is 15.7. The van der Waals surface area contributed by atoms with Gasteiger partial charge in [0.1, 0.15) is 0 Å². The van der Waals surface area contributed by atoms with E-state index in [1.807, 2.05) is 0 Å². The molecule has 0 aromatic heterocycles. The predicted molar refractivity (Wildman–Crippen MR) is 63.8 cm³/mol. The van der Waals surface area contributed by atoms with Crippen molar-refractivity contribution in [2.75, 3.05) is 26.7 Å². The van der Waals surface area contributed by atoms with Crippen molar-refractivity contribution in [2.45, 2.75) is 32.8 Å². The number of aliphatic hydroxyl groups is 1. The van der Waals surface area contributed by atoms with E-state index in [2.05, 4.69) is 0 Å². The molecule has 0 saturated carbocycles. The van der Waals surface area contributed by atoms with E-state index in [1.54, 1.807) is 27.8 Å². The molecule has 2 amide bonds. The van der Waals surface area contributed by atoms with Gasteiger partial charge in [-0.25, -0.2) is 4.79 Å². The molecule has 0 aromatic rings. The first-order valence-corrected chi connectivity index (χ1v) is 5.61. The molecule has 0 heterocycles. The molecule has 0 saturated heterocycles. The molecule has 0 aliphatic carbocycles. The third-order valence-corrected chi connectivity index (χ3v) is 2.20. The Kier molecular flexibility index (Phi) is 5.95. The highest BCUT2D eigenvalue weighted by atomic mass is 16.4. The molecular weight excluding hydrogens is 224 g/mol. The number of carbonyl (C=O) groups is 2. The first-order valence-electron chi connectivity index (χ1n) is 5.61. The van der Waals surface area contributed by atoms with E-state index in [4.69, 9.17) is 5.11 Å². The summed E-state index contributed by atoms with van der Waals surface area (Å²) in [6.45, 7) is 5.85. The molecule has 0 bridgehead atoms. The molecule has 0 aliphatic heterocycles. The maximum absolute atomic E-state index is 11.9. The number of carboxylic acid groups (broad SMARTS) is 1. The molecule has 0 aliphatic rings. The lowest BCUT2D eigenvalue weighted by molar-refractivity contribution is -0.137. The predicted octanol–water partition coefficient (Wildman–Crippen LogP) is 0.606. The van der Waals surface area contributed by atoms with Crippen LogP contribution in [0.3, 0.4) is 0 Å². The summed E-state index contributed by atoms with van der Waals surface area (Å²) in [5.74, 6) is -0.929. The number of carbonyl (C=O) groups excluding carboxylic acids is 1. The Morgan fingerprint density at radius 1 is 1.29 bits per heavy atom. The SMILES string of the molecule is CCN(CCC(=O)O)C(=O)N(C)CC(C)(C)O. The highest BCUT2D eigenvalue weighted by Gasteiger charge is 2.22. The van der Waals surface area contributed by atoms with Crippen LogP contribution >= 0.6 is 0 Å². The molecular formula is C11H22N2O4. The van der Waals surface area contributed by atoms with Crippen molar-refractivity contribution in [3.63, 3.8) is 0 Å². The fraction of sp³-hybridized carbons (Fsp3) is 0.818. The van der Waals surface area contributed by atoms with Crippen LogP contribution in [0.2, 0.25) is 0 Å². The summed E-state index contributed by atoms with van der Waals surface area (Å²) in [5, 5.41) is 18.2. The standard InChI is InChI=1S/C11H22N2O4/c1-5-13(7-6-9(14)15)10(16)12(4)8-11(2,3)17/h17H,5-8H2,1-4H3,(H,14,15). The van der Waals surface area contributed by atoms with Gasteiger partial charge in [0.05, 0.1) is 18.6 Å². The number of aliphatic carboxylic acids is 1. The summed E-state index contributed by atoms with van der Waals surface area (Å²) in [6, 6.07) is -0.268. The zero-order chi connectivity index (χ0) is 13.6. The van der Waals surface area contributed by atoms with Crippen molar-refractivity contribution in [2.24, 2.45) is 0 Å². The van der Waals surface area contributed by atoms with Gasteiger partial charge in [-0.2, -0.15) is 0 Å². The largest absolute Gasteiger partial charge is 0.481 e. The molecule has 0 aromatic carbocycles. The topological polar surface area (TPSA) is 81.1 Å². The molecule has 6 heteroatoms. The summed E-state index contributed by atoms with van der Waals surface area (Å²) in [5.41, 5.74) is -0.962. The first-order chi connectivity index (χ1) is 7.67. The molecule has 0 unspecified atom stereocenters. The highest BCUT2D eigenvalue weighted by Crippen LogP contribution is 2.06. The van der Waals surface area contributed by atoms with E-state index >= 15 is 0 Å². The molecule has 17 heavy (non-hydrogen) atoms. The summed E-state index contributed by atoms with van der Waals surface area (Å²) in [7, 11) is 1.59. The number of nitrogens with zero attached hydrogens (tertiary/aromatic N) is 2. The third-order valence-electron chi connectivity index (χ3n) is 2.20. The zero-order valence-electron chi connectivity index (χ0n) is 10.9. The summed E-state index contributed by atoms with van der Waals surface area (Å²) in [4.78, 5) is 25.2. The molecule has 0 atom stereocenters. The quantitative estimate of drug-likeness (QED) is 0.719. The van der Waals surface area contributed by atoms with E-state index in [0.717, 1.165) is 0 Å². The van der Waals surface area contributed by atoms with Crippen molar-refractivity contribution < 1.29 is 19.8 Å². The van der Waals surface area contributed by atoms with E-state index in [-0.39, 0.29) is 25.5 Å². The van der Waals surface area contributed by atoms with Gasteiger partial charge < -0.3 is 20.0 Å². The molecule has 0 radical (unpaired) electrons. The van der Waals surface area contributed by atoms with Gasteiger partial charge in [0.15, 0.2) is 0 Å². The van der Waals surface area contributed by atoms with Gasteiger partial charge in [-0.15, -0.1) is 0 Å². The minimum atomic E-state index is -0.962. The van der Waals surface area contributed by atoms with E-state index in [1.165, 1.54) is 9.80 Å². The van der Waals surface area contributed by atoms with Crippen LogP contribution in [0.25, 0.3) is 0 Å². The minimum absolute atomic E-state index is 0.0735. The van der Waals surface area contributed by atoms with Gasteiger partial charge >= 0.3 is 12.0 Å². The van der Waals surface area contributed by atoms with Gasteiger partial charge in [-0.05, 0) is 20.8 Å². The Hall–Kier alpha value is -1.30. The lowest BCUT2D eigenvalue weighted by Crippen LogP contribution is -2.47. The van der Waals surface area contributed by atoms with Crippen LogP contribution in [0.1, 0.15) is 27.2 Å². The highest BCUT2D eigenvalue weighted by molar-refractivity contribution is 5.75. The number of amides is 2. The Balaban J connectivity index is 4.37. The van der Waals surface area contributed by atoms with Crippen LogP contribution in [-0.4, -0.2) is 64.3 Å². The number of rotatable bonds is 6. The van der Waals surface area contributed by atoms with Crippen LogP contribution in [0.4, 0.5) is 4.79 Å². The van der Waals surface area contributed by atoms with Crippen molar-refractivity contribution >= 4 is 12.0 Å². The summed E-state index contributed by atoms with van der Waals surface area (Å²) >= 11 is 0. The van der Waals surface area contributed by atoms with Crippen LogP contribution < -0.4 is 0 Å². The maximum Gasteiger partial charge on any atom is 0.319 e. The second kappa shape index (κ2) is 6.44. The van der Waals surface area contributed by atoms with Gasteiger partial charge in [-0.1, -0.05) is 0 Å². The Labute approximate surface area is 102 Å². The van der Waals surface area contributed by atoms with Gasteiger partial charge in [0.2, 0.25) is 0 Å². The van der Waals surface area contributed by atoms with Crippen LogP contribution in [-0.2, 0) is 4.79 Å². The second-order valence-corrected chi connectivity index (χ2v) is 4.67. The molecule has 0 spiro atoms. The molecule has 2 N–H and O–H groups in total. The molecule has 100 valence electrons. The summed E-state index contributed by atoms with van der Waals surface area (Å²) in [6.07, 6.45) is -0.0735. The lowest BCUT2D eigenvalue weighted by Gasteiger charge is -2.30. The van der Waals surface area contributed by atoms with Gasteiger partial charge in [0, 0.05) is 20.1 Å². The normalized spacial score (nSPS) is 11.1. The second-order valence-electron chi connectivity index (χ2n) is 4.67. The van der Waals surface area contributed by atoms with Gasteiger partial charge in [0.25, 0.3) is 0 Å². The molecule has 0 fully saturated rings. The molecule has 6 nitrogen and oxygen atoms in total.